The second-order valence-electron chi connectivity index (χ2n) is 8.56. The molecule has 0 radical (unpaired) electrons. The number of thiazole rings is 1. The number of carbonyl (C=O) groups excluding carboxylic acids is 2. The molecule has 8 heteroatoms. The normalized spacial score (nSPS) is 13.7. The van der Waals surface area contributed by atoms with Crippen LogP contribution in [-0.2, 0) is 16.1 Å². The molecule has 0 atom stereocenters. The molecule has 0 bridgehead atoms. The van der Waals surface area contributed by atoms with Crippen molar-refractivity contribution in [3.63, 3.8) is 0 Å². The monoisotopic (exact) mass is 492 g/mol. The molecule has 1 aliphatic rings. The maximum atomic E-state index is 14.3. The quantitative estimate of drug-likeness (QED) is 0.401. The molecule has 3 aromatic rings. The van der Waals surface area contributed by atoms with Crippen molar-refractivity contribution in [3.05, 3.63) is 77.1 Å². The molecule has 1 saturated heterocycles. The van der Waals surface area contributed by atoms with Crippen LogP contribution >= 0.6 is 11.3 Å². The Hall–Kier alpha value is -3.52. The fraction of sp³-hybridized carbons (Fsp3) is 0.296. The van der Waals surface area contributed by atoms with E-state index in [1.165, 1.54) is 66.3 Å². The molecule has 2 aromatic carbocycles. The van der Waals surface area contributed by atoms with Crippen molar-refractivity contribution in [2.75, 3.05) is 29.9 Å². The van der Waals surface area contributed by atoms with E-state index >= 15 is 0 Å². The number of likely N-dealkylation sites (N-methyl/N-ethyl adjacent to an activating group) is 1. The number of para-hydroxylation sites is 2. The number of benzene rings is 2. The standard InChI is InChI=1S/C27H29FN4O2S/c1-20(33)32(25-13-7-5-11-23(25)28)27-29-22(19-35-27)14-15-26(34)30(2)18-21-10-4-6-12-24(21)31-16-8-3-9-17-31/h4-7,10-15,19H,3,8-9,16-18H2,1-2H3. The number of carbonyl (C=O) groups is 2. The first kappa shape index (κ1) is 24.6. The number of amides is 2. The predicted molar refractivity (Wildman–Crippen MR) is 139 cm³/mol. The average molecular weight is 493 g/mol. The predicted octanol–water partition coefficient (Wildman–Crippen LogP) is 5.63. The third-order valence-corrected chi connectivity index (χ3v) is 6.82. The first-order chi connectivity index (χ1) is 16.9. The number of anilines is 3. The minimum Gasteiger partial charge on any atom is -0.371 e. The molecule has 1 aromatic heterocycles. The number of aromatic nitrogens is 1. The molecular weight excluding hydrogens is 463 g/mol. The van der Waals surface area contributed by atoms with Crippen molar-refractivity contribution < 1.29 is 14.0 Å². The Balaban J connectivity index is 1.44. The third kappa shape index (κ3) is 5.95. The van der Waals surface area contributed by atoms with Gasteiger partial charge in [0.05, 0.1) is 11.4 Å². The van der Waals surface area contributed by atoms with Crippen LogP contribution in [0.15, 0.2) is 60.0 Å². The fourth-order valence-electron chi connectivity index (χ4n) is 4.20. The van der Waals surface area contributed by atoms with Gasteiger partial charge in [-0.2, -0.15) is 0 Å². The summed E-state index contributed by atoms with van der Waals surface area (Å²) in [5, 5.41) is 2.08. The molecule has 2 heterocycles. The summed E-state index contributed by atoms with van der Waals surface area (Å²) < 4.78 is 14.3. The smallest absolute Gasteiger partial charge is 0.246 e. The van der Waals surface area contributed by atoms with Crippen LogP contribution in [0.25, 0.3) is 6.08 Å². The van der Waals surface area contributed by atoms with Crippen LogP contribution in [-0.4, -0.2) is 41.8 Å². The minimum absolute atomic E-state index is 0.146. The van der Waals surface area contributed by atoms with Gasteiger partial charge in [0.25, 0.3) is 0 Å². The molecule has 0 N–H and O–H groups in total. The van der Waals surface area contributed by atoms with Gasteiger partial charge in [-0.3, -0.25) is 14.5 Å². The third-order valence-electron chi connectivity index (χ3n) is 5.98. The Morgan fingerprint density at radius 1 is 1.09 bits per heavy atom. The SMILES string of the molecule is CC(=O)N(c1nc(C=CC(=O)N(C)Cc2ccccc2N2CCCCC2)cs1)c1ccccc1F. The van der Waals surface area contributed by atoms with Gasteiger partial charge in [0.2, 0.25) is 11.8 Å². The zero-order valence-electron chi connectivity index (χ0n) is 20.0. The Labute approximate surface area is 209 Å². The van der Waals surface area contributed by atoms with Gasteiger partial charge >= 0.3 is 0 Å². The molecule has 182 valence electrons. The van der Waals surface area contributed by atoms with Gasteiger partial charge in [-0.05, 0) is 49.1 Å². The lowest BCUT2D eigenvalue weighted by Crippen LogP contribution is -2.31. The van der Waals surface area contributed by atoms with E-state index in [2.05, 4.69) is 22.0 Å². The maximum absolute atomic E-state index is 14.3. The molecule has 35 heavy (non-hydrogen) atoms. The number of nitrogens with zero attached hydrogens (tertiary/aromatic N) is 4. The van der Waals surface area contributed by atoms with E-state index in [1.807, 2.05) is 12.1 Å². The van der Waals surface area contributed by atoms with Gasteiger partial charge in [-0.1, -0.05) is 30.3 Å². The summed E-state index contributed by atoms with van der Waals surface area (Å²) in [4.78, 5) is 34.8. The maximum Gasteiger partial charge on any atom is 0.246 e. The molecule has 1 fully saturated rings. The average Bonchev–Trinajstić information content (AvgIpc) is 3.33. The van der Waals surface area contributed by atoms with Crippen LogP contribution in [0.1, 0.15) is 37.4 Å². The summed E-state index contributed by atoms with van der Waals surface area (Å²) in [5.41, 5.74) is 2.99. The fourth-order valence-corrected chi connectivity index (χ4v) is 5.05. The number of halogens is 1. The summed E-state index contributed by atoms with van der Waals surface area (Å²) in [5.74, 6) is -0.995. The van der Waals surface area contributed by atoms with Crippen LogP contribution in [0.3, 0.4) is 0 Å². The highest BCUT2D eigenvalue weighted by atomic mass is 32.1. The van der Waals surface area contributed by atoms with E-state index in [-0.39, 0.29) is 17.5 Å². The van der Waals surface area contributed by atoms with Crippen molar-refractivity contribution in [1.82, 2.24) is 9.88 Å². The molecule has 4 rings (SSSR count). The summed E-state index contributed by atoms with van der Waals surface area (Å²) >= 11 is 1.22. The van der Waals surface area contributed by atoms with Crippen molar-refractivity contribution in [1.29, 1.82) is 0 Å². The number of hydrogen-bond acceptors (Lipinski definition) is 5. The van der Waals surface area contributed by atoms with Crippen molar-refractivity contribution in [2.24, 2.45) is 0 Å². The minimum atomic E-state index is -0.503. The Kier molecular flexibility index (Phi) is 7.92. The number of hydrogen-bond donors (Lipinski definition) is 0. The lowest BCUT2D eigenvalue weighted by molar-refractivity contribution is -0.125. The molecule has 6 nitrogen and oxygen atoms in total. The van der Waals surface area contributed by atoms with Crippen LogP contribution in [0.5, 0.6) is 0 Å². The van der Waals surface area contributed by atoms with Crippen LogP contribution in [0, 0.1) is 5.82 Å². The number of piperidine rings is 1. The molecule has 0 aliphatic carbocycles. The van der Waals surface area contributed by atoms with Crippen molar-refractivity contribution in [2.45, 2.75) is 32.7 Å². The van der Waals surface area contributed by atoms with E-state index in [0.29, 0.717) is 17.4 Å². The highest BCUT2D eigenvalue weighted by Crippen LogP contribution is 2.31. The molecule has 0 saturated carbocycles. The van der Waals surface area contributed by atoms with E-state index in [4.69, 9.17) is 0 Å². The van der Waals surface area contributed by atoms with Gasteiger partial charge in [-0.25, -0.2) is 9.37 Å². The lowest BCUT2D eigenvalue weighted by Gasteiger charge is -2.31. The zero-order chi connectivity index (χ0) is 24.8. The second kappa shape index (κ2) is 11.3. The van der Waals surface area contributed by atoms with Crippen LogP contribution < -0.4 is 9.80 Å². The van der Waals surface area contributed by atoms with Gasteiger partial charge in [0, 0.05) is 50.7 Å². The molecule has 0 spiro atoms. The summed E-state index contributed by atoms with van der Waals surface area (Å²) in [6.45, 7) is 3.96. The van der Waals surface area contributed by atoms with E-state index in [1.54, 1.807) is 35.5 Å². The topological polar surface area (TPSA) is 56.8 Å². The first-order valence-electron chi connectivity index (χ1n) is 11.7. The van der Waals surface area contributed by atoms with E-state index in [0.717, 1.165) is 18.7 Å². The van der Waals surface area contributed by atoms with Gasteiger partial charge in [0.15, 0.2) is 5.13 Å². The van der Waals surface area contributed by atoms with Crippen LogP contribution in [0.2, 0.25) is 0 Å². The highest BCUT2D eigenvalue weighted by molar-refractivity contribution is 7.14. The summed E-state index contributed by atoms with van der Waals surface area (Å²) in [7, 11) is 1.78. The van der Waals surface area contributed by atoms with Crippen LogP contribution in [0.4, 0.5) is 20.9 Å². The van der Waals surface area contributed by atoms with Gasteiger partial charge < -0.3 is 9.80 Å². The van der Waals surface area contributed by atoms with Crippen molar-refractivity contribution >= 4 is 45.7 Å². The largest absolute Gasteiger partial charge is 0.371 e. The molecule has 1 aliphatic heterocycles. The van der Waals surface area contributed by atoms with Gasteiger partial charge in [-0.15, -0.1) is 11.3 Å². The second-order valence-corrected chi connectivity index (χ2v) is 9.40. The first-order valence-corrected chi connectivity index (χ1v) is 12.6. The van der Waals surface area contributed by atoms with E-state index < -0.39 is 5.82 Å². The lowest BCUT2D eigenvalue weighted by atomic mass is 10.1. The Morgan fingerprint density at radius 3 is 2.54 bits per heavy atom. The Bertz CT molecular complexity index is 1220. The highest BCUT2D eigenvalue weighted by Gasteiger charge is 2.21. The molecule has 2 amide bonds. The molecule has 0 unspecified atom stereocenters. The van der Waals surface area contributed by atoms with Crippen molar-refractivity contribution in [3.8, 4) is 0 Å². The van der Waals surface area contributed by atoms with E-state index in [9.17, 15) is 14.0 Å². The number of rotatable bonds is 7. The Morgan fingerprint density at radius 2 is 1.80 bits per heavy atom. The van der Waals surface area contributed by atoms with Gasteiger partial charge in [0.1, 0.15) is 5.82 Å². The molecular formula is C27H29FN4O2S. The zero-order valence-corrected chi connectivity index (χ0v) is 20.8. The summed E-state index contributed by atoms with van der Waals surface area (Å²) in [6.07, 6.45) is 6.75. The summed E-state index contributed by atoms with van der Waals surface area (Å²) in [6, 6.07) is 14.3.